The van der Waals surface area contributed by atoms with Crippen LogP contribution in [0.4, 0.5) is 4.39 Å². The van der Waals surface area contributed by atoms with E-state index >= 15 is 0 Å². The van der Waals surface area contributed by atoms with Crippen molar-refractivity contribution in [3.8, 4) is 11.8 Å². The first-order valence-corrected chi connectivity index (χ1v) is 5.78. The minimum absolute atomic E-state index is 0.0959. The molecule has 1 N–H and O–H groups in total. The fourth-order valence-corrected chi connectivity index (χ4v) is 1.75. The van der Waals surface area contributed by atoms with Gasteiger partial charge >= 0.3 is 0 Å². The number of hydrogen-bond acceptors (Lipinski definition) is 6. The lowest BCUT2D eigenvalue weighted by Gasteiger charge is -2.24. The molecular formula is C13H14FN3O3. The van der Waals surface area contributed by atoms with Crippen LogP contribution in [0, 0.1) is 5.82 Å². The highest BCUT2D eigenvalue weighted by Gasteiger charge is 2.32. The van der Waals surface area contributed by atoms with Gasteiger partial charge in [0.25, 0.3) is 0 Å². The van der Waals surface area contributed by atoms with E-state index in [1.807, 2.05) is 0 Å². The molecule has 0 aliphatic carbocycles. The topological polar surface area (TPSA) is 77.4 Å². The van der Waals surface area contributed by atoms with Crippen molar-refractivity contribution in [2.24, 2.45) is 0 Å². The number of pyridine rings is 1. The Labute approximate surface area is 115 Å². The molecule has 2 heterocycles. The molecule has 0 spiro atoms. The summed E-state index contributed by atoms with van der Waals surface area (Å²) in [7, 11) is 2.84. The SMILES string of the molecule is COc1cnc(C(C)(O)c2cncc(F)c2)c(OC)n1. The normalized spacial score (nSPS) is 13.7. The van der Waals surface area contributed by atoms with Crippen molar-refractivity contribution in [1.29, 1.82) is 0 Å². The van der Waals surface area contributed by atoms with Crippen LogP contribution in [0.1, 0.15) is 18.2 Å². The second kappa shape index (κ2) is 5.38. The average molecular weight is 279 g/mol. The first kappa shape index (κ1) is 14.1. The molecule has 1 atom stereocenters. The lowest BCUT2D eigenvalue weighted by molar-refractivity contribution is 0.0919. The third kappa shape index (κ3) is 2.53. The fourth-order valence-electron chi connectivity index (χ4n) is 1.75. The zero-order valence-corrected chi connectivity index (χ0v) is 11.3. The minimum Gasteiger partial charge on any atom is -0.480 e. The first-order chi connectivity index (χ1) is 9.48. The number of aromatic nitrogens is 3. The van der Waals surface area contributed by atoms with Crippen molar-refractivity contribution in [2.75, 3.05) is 14.2 Å². The van der Waals surface area contributed by atoms with Gasteiger partial charge in [-0.3, -0.25) is 4.98 Å². The predicted octanol–water partition coefficient (Wildman–Crippen LogP) is 1.28. The smallest absolute Gasteiger partial charge is 0.242 e. The van der Waals surface area contributed by atoms with Crippen LogP contribution >= 0.6 is 0 Å². The Morgan fingerprint density at radius 3 is 2.55 bits per heavy atom. The van der Waals surface area contributed by atoms with Crippen LogP contribution in [0.15, 0.2) is 24.7 Å². The Hall–Kier alpha value is -2.28. The zero-order chi connectivity index (χ0) is 14.8. The summed E-state index contributed by atoms with van der Waals surface area (Å²) < 4.78 is 23.3. The van der Waals surface area contributed by atoms with E-state index in [0.717, 1.165) is 6.20 Å². The lowest BCUT2D eigenvalue weighted by atomic mass is 9.94. The van der Waals surface area contributed by atoms with Gasteiger partial charge in [-0.05, 0) is 13.0 Å². The summed E-state index contributed by atoms with van der Waals surface area (Å²) in [6.07, 6.45) is 3.75. The summed E-state index contributed by atoms with van der Waals surface area (Å²) in [5.74, 6) is -0.208. The zero-order valence-electron chi connectivity index (χ0n) is 11.3. The lowest BCUT2D eigenvalue weighted by Crippen LogP contribution is -2.26. The number of nitrogens with zero attached hydrogens (tertiary/aromatic N) is 3. The summed E-state index contributed by atoms with van der Waals surface area (Å²) in [6.45, 7) is 1.46. The third-order valence-corrected chi connectivity index (χ3v) is 2.85. The molecule has 0 amide bonds. The van der Waals surface area contributed by atoms with Gasteiger partial charge in [0.15, 0.2) is 0 Å². The van der Waals surface area contributed by atoms with Crippen molar-refractivity contribution in [3.05, 3.63) is 41.7 Å². The van der Waals surface area contributed by atoms with Crippen LogP contribution in [-0.2, 0) is 5.60 Å². The van der Waals surface area contributed by atoms with E-state index in [1.54, 1.807) is 0 Å². The molecule has 0 saturated heterocycles. The molecule has 20 heavy (non-hydrogen) atoms. The maximum absolute atomic E-state index is 13.3. The molecule has 0 bridgehead atoms. The van der Waals surface area contributed by atoms with E-state index in [1.165, 1.54) is 39.6 Å². The molecule has 2 rings (SSSR count). The Kier molecular flexibility index (Phi) is 3.80. The number of hydrogen-bond donors (Lipinski definition) is 1. The van der Waals surface area contributed by atoms with Crippen LogP contribution < -0.4 is 9.47 Å². The van der Waals surface area contributed by atoms with Crippen molar-refractivity contribution in [2.45, 2.75) is 12.5 Å². The average Bonchev–Trinajstić information content (AvgIpc) is 2.46. The molecule has 0 radical (unpaired) electrons. The Morgan fingerprint density at radius 1 is 1.20 bits per heavy atom. The highest BCUT2D eigenvalue weighted by Crippen LogP contribution is 2.33. The first-order valence-electron chi connectivity index (χ1n) is 5.78. The number of rotatable bonds is 4. The predicted molar refractivity (Wildman–Crippen MR) is 68.0 cm³/mol. The quantitative estimate of drug-likeness (QED) is 0.908. The van der Waals surface area contributed by atoms with E-state index in [9.17, 15) is 9.50 Å². The molecular weight excluding hydrogens is 265 g/mol. The van der Waals surface area contributed by atoms with E-state index in [0.29, 0.717) is 0 Å². The van der Waals surface area contributed by atoms with Gasteiger partial charge in [-0.1, -0.05) is 0 Å². The van der Waals surface area contributed by atoms with Crippen molar-refractivity contribution < 1.29 is 19.0 Å². The molecule has 0 aromatic carbocycles. The molecule has 0 aliphatic heterocycles. The maximum Gasteiger partial charge on any atom is 0.242 e. The van der Waals surface area contributed by atoms with Gasteiger partial charge in [0.05, 0.1) is 26.6 Å². The van der Waals surface area contributed by atoms with Crippen LogP contribution in [-0.4, -0.2) is 34.3 Å². The molecule has 2 aromatic rings. The molecule has 6 nitrogen and oxygen atoms in total. The number of aliphatic hydroxyl groups is 1. The maximum atomic E-state index is 13.3. The van der Waals surface area contributed by atoms with Gasteiger partial charge in [-0.2, -0.15) is 4.98 Å². The van der Waals surface area contributed by atoms with Gasteiger partial charge in [-0.15, -0.1) is 0 Å². The highest BCUT2D eigenvalue weighted by atomic mass is 19.1. The minimum atomic E-state index is -1.60. The Balaban J connectivity index is 2.53. The van der Waals surface area contributed by atoms with E-state index in [2.05, 4.69) is 15.0 Å². The molecule has 7 heteroatoms. The Bertz CT molecular complexity index is 620. The van der Waals surface area contributed by atoms with Gasteiger partial charge in [0.1, 0.15) is 17.1 Å². The molecule has 0 aliphatic rings. The highest BCUT2D eigenvalue weighted by molar-refractivity contribution is 5.36. The van der Waals surface area contributed by atoms with Gasteiger partial charge < -0.3 is 14.6 Å². The summed E-state index contributed by atoms with van der Waals surface area (Å²) in [5, 5.41) is 10.6. The summed E-state index contributed by atoms with van der Waals surface area (Å²) >= 11 is 0. The van der Waals surface area contributed by atoms with Gasteiger partial charge in [-0.25, -0.2) is 9.37 Å². The number of methoxy groups -OCH3 is 2. The Morgan fingerprint density at radius 2 is 1.95 bits per heavy atom. The number of ether oxygens (including phenoxy) is 2. The molecule has 106 valence electrons. The number of halogens is 1. The second-order valence-electron chi connectivity index (χ2n) is 4.23. The largest absolute Gasteiger partial charge is 0.480 e. The summed E-state index contributed by atoms with van der Waals surface area (Å²) in [5.41, 5.74) is -1.21. The molecule has 0 fully saturated rings. The molecule has 0 saturated carbocycles. The van der Waals surface area contributed by atoms with Crippen molar-refractivity contribution >= 4 is 0 Å². The fraction of sp³-hybridized carbons (Fsp3) is 0.308. The van der Waals surface area contributed by atoms with E-state index in [4.69, 9.17) is 9.47 Å². The standard InChI is InChI=1S/C13H14FN3O3/c1-13(18,8-4-9(14)6-15-5-8)11-12(20-3)17-10(19-2)7-16-11/h4-7,18H,1-3H3. The van der Waals surface area contributed by atoms with Crippen LogP contribution in [0.2, 0.25) is 0 Å². The van der Waals surface area contributed by atoms with Gasteiger partial charge in [0.2, 0.25) is 11.8 Å². The summed E-state index contributed by atoms with van der Waals surface area (Å²) in [4.78, 5) is 11.8. The molecule has 2 aromatic heterocycles. The van der Waals surface area contributed by atoms with E-state index in [-0.39, 0.29) is 23.0 Å². The van der Waals surface area contributed by atoms with Crippen LogP contribution in [0.25, 0.3) is 0 Å². The second-order valence-corrected chi connectivity index (χ2v) is 4.23. The molecule has 1 unspecified atom stereocenters. The monoisotopic (exact) mass is 279 g/mol. The van der Waals surface area contributed by atoms with E-state index < -0.39 is 11.4 Å². The van der Waals surface area contributed by atoms with Crippen LogP contribution in [0.3, 0.4) is 0 Å². The van der Waals surface area contributed by atoms with Crippen molar-refractivity contribution in [3.63, 3.8) is 0 Å². The summed E-state index contributed by atoms with van der Waals surface area (Å²) in [6, 6.07) is 1.18. The van der Waals surface area contributed by atoms with Crippen LogP contribution in [0.5, 0.6) is 11.8 Å². The van der Waals surface area contributed by atoms with Crippen molar-refractivity contribution in [1.82, 2.24) is 15.0 Å². The third-order valence-electron chi connectivity index (χ3n) is 2.85. The van der Waals surface area contributed by atoms with Gasteiger partial charge in [0, 0.05) is 11.8 Å².